The number of hydrogen-bond acceptors (Lipinski definition) is 4. The van der Waals surface area contributed by atoms with Gasteiger partial charge in [-0.25, -0.2) is 9.37 Å². The topological polar surface area (TPSA) is 54.9 Å². The minimum atomic E-state index is -0.332. The average molecular weight is 327 g/mol. The number of aryl methyl sites for hydroxylation is 1. The number of aromatic nitrogens is 2. The van der Waals surface area contributed by atoms with Gasteiger partial charge in [-0.15, -0.1) is 11.3 Å². The molecule has 0 aliphatic rings. The maximum Gasteiger partial charge on any atom is 0.229 e. The SMILES string of the molecule is Cc1nc(-c2ccccn2)sc1CC(=O)Nc1ccc(F)cc1. The summed E-state index contributed by atoms with van der Waals surface area (Å²) >= 11 is 1.46. The molecular weight excluding hydrogens is 313 g/mol. The minimum Gasteiger partial charge on any atom is -0.326 e. The van der Waals surface area contributed by atoms with Crippen molar-refractivity contribution in [2.45, 2.75) is 13.3 Å². The molecule has 3 rings (SSSR count). The Morgan fingerprint density at radius 2 is 2.00 bits per heavy atom. The van der Waals surface area contributed by atoms with E-state index in [1.807, 2.05) is 25.1 Å². The van der Waals surface area contributed by atoms with Gasteiger partial charge in [0, 0.05) is 16.8 Å². The van der Waals surface area contributed by atoms with Crippen LogP contribution < -0.4 is 5.32 Å². The summed E-state index contributed by atoms with van der Waals surface area (Å²) in [4.78, 5) is 21.8. The summed E-state index contributed by atoms with van der Waals surface area (Å²) in [7, 11) is 0. The molecule has 23 heavy (non-hydrogen) atoms. The molecule has 4 nitrogen and oxygen atoms in total. The van der Waals surface area contributed by atoms with Crippen molar-refractivity contribution in [3.05, 3.63) is 65.0 Å². The summed E-state index contributed by atoms with van der Waals surface area (Å²) < 4.78 is 12.9. The van der Waals surface area contributed by atoms with Crippen LogP contribution in [-0.4, -0.2) is 15.9 Å². The summed E-state index contributed by atoms with van der Waals surface area (Å²) in [5, 5.41) is 3.55. The molecule has 0 saturated heterocycles. The van der Waals surface area contributed by atoms with Crippen LogP contribution >= 0.6 is 11.3 Å². The first-order chi connectivity index (χ1) is 11.1. The lowest BCUT2D eigenvalue weighted by Gasteiger charge is -2.04. The van der Waals surface area contributed by atoms with Crippen molar-refractivity contribution in [1.82, 2.24) is 9.97 Å². The third kappa shape index (κ3) is 3.78. The first kappa shape index (κ1) is 15.3. The van der Waals surface area contributed by atoms with E-state index in [0.717, 1.165) is 21.3 Å². The van der Waals surface area contributed by atoms with Gasteiger partial charge in [0.2, 0.25) is 5.91 Å². The molecule has 0 spiro atoms. The van der Waals surface area contributed by atoms with Gasteiger partial charge in [-0.3, -0.25) is 9.78 Å². The quantitative estimate of drug-likeness (QED) is 0.792. The van der Waals surface area contributed by atoms with E-state index < -0.39 is 0 Å². The Morgan fingerprint density at radius 3 is 2.70 bits per heavy atom. The molecule has 0 radical (unpaired) electrons. The van der Waals surface area contributed by atoms with Crippen molar-refractivity contribution >= 4 is 22.9 Å². The second kappa shape index (κ2) is 6.66. The molecule has 0 saturated carbocycles. The van der Waals surface area contributed by atoms with Crippen LogP contribution in [0, 0.1) is 12.7 Å². The highest BCUT2D eigenvalue weighted by Gasteiger charge is 2.13. The van der Waals surface area contributed by atoms with E-state index in [2.05, 4.69) is 15.3 Å². The van der Waals surface area contributed by atoms with Crippen LogP contribution in [-0.2, 0) is 11.2 Å². The lowest BCUT2D eigenvalue weighted by Crippen LogP contribution is -2.14. The van der Waals surface area contributed by atoms with E-state index in [4.69, 9.17) is 0 Å². The van der Waals surface area contributed by atoms with E-state index in [1.165, 1.54) is 35.6 Å². The van der Waals surface area contributed by atoms with Gasteiger partial charge in [-0.2, -0.15) is 0 Å². The Labute approximate surface area is 137 Å². The molecule has 0 aliphatic heterocycles. The number of carbonyl (C=O) groups is 1. The van der Waals surface area contributed by atoms with E-state index in [9.17, 15) is 9.18 Å². The standard InChI is InChI=1S/C17H14FN3OS/c1-11-15(23-17(20-11)14-4-2-3-9-19-14)10-16(22)21-13-7-5-12(18)6-8-13/h2-9H,10H2,1H3,(H,21,22). The van der Waals surface area contributed by atoms with Gasteiger partial charge < -0.3 is 5.32 Å². The highest BCUT2D eigenvalue weighted by molar-refractivity contribution is 7.15. The zero-order chi connectivity index (χ0) is 16.2. The Balaban J connectivity index is 1.71. The Hall–Kier alpha value is -2.60. The van der Waals surface area contributed by atoms with Crippen LogP contribution in [0.2, 0.25) is 0 Å². The second-order valence-corrected chi connectivity index (χ2v) is 6.06. The number of thiazole rings is 1. The number of halogens is 1. The minimum absolute atomic E-state index is 0.157. The predicted octanol–water partition coefficient (Wildman–Crippen LogP) is 3.83. The van der Waals surface area contributed by atoms with Crippen molar-refractivity contribution in [1.29, 1.82) is 0 Å². The van der Waals surface area contributed by atoms with E-state index in [0.29, 0.717) is 5.69 Å². The third-order valence-corrected chi connectivity index (χ3v) is 4.41. The normalized spacial score (nSPS) is 10.5. The molecule has 3 aromatic rings. The van der Waals surface area contributed by atoms with E-state index >= 15 is 0 Å². The fourth-order valence-electron chi connectivity index (χ4n) is 2.08. The summed E-state index contributed by atoms with van der Waals surface area (Å²) in [6, 6.07) is 11.3. The largest absolute Gasteiger partial charge is 0.326 e. The van der Waals surface area contributed by atoms with Gasteiger partial charge in [-0.1, -0.05) is 6.07 Å². The van der Waals surface area contributed by atoms with Crippen LogP contribution in [0.3, 0.4) is 0 Å². The Kier molecular flexibility index (Phi) is 4.43. The number of nitrogens with zero attached hydrogens (tertiary/aromatic N) is 2. The Morgan fingerprint density at radius 1 is 1.22 bits per heavy atom. The first-order valence-corrected chi connectivity index (χ1v) is 7.86. The first-order valence-electron chi connectivity index (χ1n) is 7.05. The molecule has 1 amide bonds. The lowest BCUT2D eigenvalue weighted by molar-refractivity contribution is -0.115. The second-order valence-electron chi connectivity index (χ2n) is 4.97. The van der Waals surface area contributed by atoms with E-state index in [-0.39, 0.29) is 18.1 Å². The third-order valence-electron chi connectivity index (χ3n) is 3.23. The molecular formula is C17H14FN3OS. The van der Waals surface area contributed by atoms with Crippen molar-refractivity contribution in [3.8, 4) is 10.7 Å². The van der Waals surface area contributed by atoms with Crippen LogP contribution in [0.25, 0.3) is 10.7 Å². The number of pyridine rings is 1. The van der Waals surface area contributed by atoms with Gasteiger partial charge in [0.05, 0.1) is 17.8 Å². The molecule has 1 N–H and O–H groups in total. The summed E-state index contributed by atoms with van der Waals surface area (Å²) in [6.45, 7) is 1.88. The van der Waals surface area contributed by atoms with Crippen molar-refractivity contribution in [2.24, 2.45) is 0 Å². The van der Waals surface area contributed by atoms with Crippen LogP contribution in [0.5, 0.6) is 0 Å². The highest BCUT2D eigenvalue weighted by Crippen LogP contribution is 2.26. The molecule has 0 fully saturated rings. The van der Waals surface area contributed by atoms with Crippen LogP contribution in [0.4, 0.5) is 10.1 Å². The molecule has 116 valence electrons. The number of amides is 1. The molecule has 6 heteroatoms. The zero-order valence-electron chi connectivity index (χ0n) is 12.4. The fourth-order valence-corrected chi connectivity index (χ4v) is 3.11. The van der Waals surface area contributed by atoms with Crippen LogP contribution in [0.15, 0.2) is 48.7 Å². The number of nitrogens with one attached hydrogen (secondary N) is 1. The summed E-state index contributed by atoms with van der Waals surface area (Å²) in [6.07, 6.45) is 1.95. The fraction of sp³-hybridized carbons (Fsp3) is 0.118. The summed E-state index contributed by atoms with van der Waals surface area (Å²) in [5.41, 5.74) is 2.19. The highest BCUT2D eigenvalue weighted by atomic mass is 32.1. The average Bonchev–Trinajstić information content (AvgIpc) is 2.91. The van der Waals surface area contributed by atoms with Crippen LogP contribution in [0.1, 0.15) is 10.6 Å². The van der Waals surface area contributed by atoms with Gasteiger partial charge in [0.15, 0.2) is 0 Å². The summed E-state index contributed by atoms with van der Waals surface area (Å²) in [5.74, 6) is -0.489. The molecule has 0 unspecified atom stereocenters. The van der Waals surface area contributed by atoms with Crippen molar-refractivity contribution in [3.63, 3.8) is 0 Å². The smallest absolute Gasteiger partial charge is 0.229 e. The molecule has 0 bridgehead atoms. The Bertz CT molecular complexity index is 816. The number of anilines is 1. The molecule has 2 heterocycles. The molecule has 0 aliphatic carbocycles. The van der Waals surface area contributed by atoms with E-state index in [1.54, 1.807) is 6.20 Å². The zero-order valence-corrected chi connectivity index (χ0v) is 13.2. The number of rotatable bonds is 4. The van der Waals surface area contributed by atoms with Gasteiger partial charge in [-0.05, 0) is 43.3 Å². The van der Waals surface area contributed by atoms with Crippen molar-refractivity contribution < 1.29 is 9.18 Å². The maximum atomic E-state index is 12.9. The predicted molar refractivity (Wildman–Crippen MR) is 88.8 cm³/mol. The number of hydrogen-bond donors (Lipinski definition) is 1. The monoisotopic (exact) mass is 327 g/mol. The van der Waals surface area contributed by atoms with Crippen molar-refractivity contribution in [2.75, 3.05) is 5.32 Å². The molecule has 0 atom stereocenters. The van der Waals surface area contributed by atoms with Gasteiger partial charge >= 0.3 is 0 Å². The number of benzene rings is 1. The molecule has 2 aromatic heterocycles. The van der Waals surface area contributed by atoms with Gasteiger partial charge in [0.1, 0.15) is 10.8 Å². The molecule has 1 aromatic carbocycles. The number of carbonyl (C=O) groups excluding carboxylic acids is 1. The maximum absolute atomic E-state index is 12.9. The van der Waals surface area contributed by atoms with Gasteiger partial charge in [0.25, 0.3) is 0 Å². The lowest BCUT2D eigenvalue weighted by atomic mass is 10.2.